The first-order chi connectivity index (χ1) is 63.5. The Morgan fingerprint density at radius 3 is 0.300 bits per heavy atom. The third-order valence-corrected chi connectivity index (χ3v) is 20.9. The molecule has 0 spiro atoms. The molecule has 0 aliphatic heterocycles. The molecule has 0 aromatic heterocycles. The molecule has 12 nitrogen and oxygen atoms in total. The highest BCUT2D eigenvalue weighted by atomic mass is 16.6. The highest BCUT2D eigenvalue weighted by molar-refractivity contribution is 5.28. The smallest absolute Gasteiger partial charge is 0.0701 e. The minimum Gasteiger partial charge on any atom is -0.379 e. The van der Waals surface area contributed by atoms with E-state index in [0.29, 0.717) is 192 Å². The minimum absolute atomic E-state index is 0.349. The summed E-state index contributed by atoms with van der Waals surface area (Å²) in [5, 5.41) is 0. The molecule has 0 heterocycles. The lowest BCUT2D eigenvalue weighted by Gasteiger charge is -2.21. The summed E-state index contributed by atoms with van der Waals surface area (Å²) >= 11 is 0. The molecule has 0 radical (unpaired) electrons. The second-order valence-electron chi connectivity index (χ2n) is 59.0. The quantitative estimate of drug-likeness (QED) is 0.0393. The van der Waals surface area contributed by atoms with Crippen LogP contribution in [0.2, 0.25) is 0 Å². The maximum atomic E-state index is 5.52. The van der Waals surface area contributed by atoms with Gasteiger partial charge in [0.15, 0.2) is 0 Å². The standard InChI is InChI=1S/4C16H34O3.4C16H26/c4*1-15(2,3)7-9-17-11-13-19-14-12-18-10-8-16(4,5)6;2*1-15(2,3)11-13-7-9-14(10-8-13)12-16(4,5)6;2*1-15(2,3)11-13-8-7-9-14(10-13)12-16(4,5)6/h4*7-14H2,1-6H3;4*7-10H,11-12H2,1-6H3. The van der Waals surface area contributed by atoms with Crippen LogP contribution in [0.4, 0.5) is 0 Å². The van der Waals surface area contributed by atoms with Crippen LogP contribution in [-0.2, 0) is 108 Å². The lowest BCUT2D eigenvalue weighted by atomic mass is 9.84. The molecular formula is C128H240O12. The maximum Gasteiger partial charge on any atom is 0.0701 e. The van der Waals surface area contributed by atoms with Gasteiger partial charge in [0.2, 0.25) is 0 Å². The van der Waals surface area contributed by atoms with E-state index in [2.05, 4.69) is 429 Å². The highest BCUT2D eigenvalue weighted by Gasteiger charge is 2.22. The van der Waals surface area contributed by atoms with Crippen molar-refractivity contribution in [3.05, 3.63) is 142 Å². The summed E-state index contributed by atoms with van der Waals surface area (Å²) in [6, 6.07) is 36.4. The minimum atomic E-state index is 0.349. The van der Waals surface area contributed by atoms with Crippen molar-refractivity contribution >= 4 is 0 Å². The third kappa shape index (κ3) is 121. The van der Waals surface area contributed by atoms with Crippen LogP contribution in [0.5, 0.6) is 0 Å². The van der Waals surface area contributed by atoms with E-state index in [4.69, 9.17) is 56.8 Å². The lowest BCUT2D eigenvalue weighted by molar-refractivity contribution is 0.00673. The molecule has 0 N–H and O–H groups in total. The SMILES string of the molecule is CC(C)(C)CCOCCOCCOCCC(C)(C)C.CC(C)(C)CCOCCOCCOCCC(C)(C)C.CC(C)(C)CCOCCOCCOCCC(C)(C)C.CC(C)(C)CCOCCOCCOCCC(C)(C)C.CC(C)(C)Cc1ccc(CC(C)(C)C)cc1.CC(C)(C)Cc1ccc(CC(C)(C)C)cc1.CC(C)(C)Cc1cccc(CC(C)(C)C)c1.CC(C)(C)Cc1cccc(CC(C)(C)C)c1. The Kier molecular flexibility index (Phi) is 73.3. The summed E-state index contributed by atoms with van der Waals surface area (Å²) in [5.41, 5.74) is 17.5. The summed E-state index contributed by atoms with van der Waals surface area (Å²) < 4.78 is 65.9. The predicted molar refractivity (Wildman–Crippen MR) is 613 cm³/mol. The van der Waals surface area contributed by atoms with Gasteiger partial charge in [-0.1, -0.05) is 429 Å². The largest absolute Gasteiger partial charge is 0.379 e. The van der Waals surface area contributed by atoms with Crippen molar-refractivity contribution in [2.45, 2.75) is 435 Å². The van der Waals surface area contributed by atoms with Crippen LogP contribution in [0, 0.1) is 86.6 Å². The molecule has 4 aromatic carbocycles. The monoisotopic (exact) mass is 1970 g/mol. The second kappa shape index (κ2) is 71.9. The van der Waals surface area contributed by atoms with Crippen molar-refractivity contribution in [3.63, 3.8) is 0 Å². The van der Waals surface area contributed by atoms with Crippen molar-refractivity contribution in [2.75, 3.05) is 159 Å². The number of benzene rings is 4. The highest BCUT2D eigenvalue weighted by Crippen LogP contribution is 2.32. The van der Waals surface area contributed by atoms with Crippen LogP contribution in [-0.4, -0.2) is 159 Å². The fourth-order valence-electron chi connectivity index (χ4n) is 13.3. The molecule has 4 rings (SSSR count). The van der Waals surface area contributed by atoms with Crippen molar-refractivity contribution in [3.8, 4) is 0 Å². The van der Waals surface area contributed by atoms with Gasteiger partial charge in [0.05, 0.1) is 106 Å². The van der Waals surface area contributed by atoms with Gasteiger partial charge in [-0.2, -0.15) is 0 Å². The van der Waals surface area contributed by atoms with Gasteiger partial charge in [0.25, 0.3) is 0 Å². The Morgan fingerprint density at radius 2 is 0.207 bits per heavy atom. The van der Waals surface area contributed by atoms with Crippen molar-refractivity contribution in [2.24, 2.45) is 86.6 Å². The molecule has 0 bridgehead atoms. The van der Waals surface area contributed by atoms with Gasteiger partial charge in [-0.05, 0) is 234 Å². The van der Waals surface area contributed by atoms with E-state index in [9.17, 15) is 0 Å². The van der Waals surface area contributed by atoms with Crippen molar-refractivity contribution in [1.82, 2.24) is 0 Å². The molecule has 0 aliphatic rings. The van der Waals surface area contributed by atoms with E-state index in [1.54, 1.807) is 0 Å². The average Bonchev–Trinajstić information content (AvgIpc) is 0.883. The first-order valence-corrected chi connectivity index (χ1v) is 54.7. The summed E-state index contributed by atoms with van der Waals surface area (Å²) in [6.07, 6.45) is 17.9. The van der Waals surface area contributed by atoms with E-state index in [1.165, 1.54) is 44.5 Å². The van der Waals surface area contributed by atoms with E-state index < -0.39 is 0 Å². The zero-order chi connectivity index (χ0) is 109. The van der Waals surface area contributed by atoms with Crippen LogP contribution in [0.3, 0.4) is 0 Å². The fraction of sp³-hybridized carbons (Fsp3) is 0.812. The Bertz CT molecular complexity index is 2960. The Balaban J connectivity index is -0.000000756. The van der Waals surface area contributed by atoms with Gasteiger partial charge in [0, 0.05) is 52.9 Å². The molecule has 0 fully saturated rings. The summed E-state index contributed by atoms with van der Waals surface area (Å²) in [6.45, 7) is 126. The average molecular weight is 1970 g/mol. The van der Waals surface area contributed by atoms with Crippen LogP contribution < -0.4 is 0 Å². The fourth-order valence-corrected chi connectivity index (χ4v) is 13.3. The molecule has 140 heavy (non-hydrogen) atoms. The molecule has 0 atom stereocenters. The van der Waals surface area contributed by atoms with Crippen LogP contribution in [0.15, 0.2) is 97.1 Å². The summed E-state index contributed by atoms with van der Waals surface area (Å²) in [7, 11) is 0. The number of rotatable bonds is 48. The Hall–Kier alpha value is -3.60. The van der Waals surface area contributed by atoms with E-state index in [1.807, 2.05) is 0 Å². The first-order valence-electron chi connectivity index (χ1n) is 54.7. The topological polar surface area (TPSA) is 111 Å². The summed E-state index contributed by atoms with van der Waals surface area (Å²) in [5.74, 6) is 0. The molecule has 0 aliphatic carbocycles. The molecule has 4 aromatic rings. The van der Waals surface area contributed by atoms with Gasteiger partial charge in [-0.25, -0.2) is 0 Å². The van der Waals surface area contributed by atoms with Gasteiger partial charge in [-0.15, -0.1) is 0 Å². The zero-order valence-electron chi connectivity index (χ0n) is 102. The molecular weight excluding hydrogens is 1730 g/mol. The lowest BCUT2D eigenvalue weighted by Crippen LogP contribution is -2.14. The number of ether oxygens (including phenoxy) is 12. The molecule has 824 valence electrons. The van der Waals surface area contributed by atoms with Gasteiger partial charge in [0.1, 0.15) is 0 Å². The zero-order valence-corrected chi connectivity index (χ0v) is 102. The number of hydrogen-bond donors (Lipinski definition) is 0. The van der Waals surface area contributed by atoms with E-state index >= 15 is 0 Å². The van der Waals surface area contributed by atoms with Crippen LogP contribution in [0.25, 0.3) is 0 Å². The van der Waals surface area contributed by atoms with Crippen LogP contribution in [0.1, 0.15) is 428 Å². The van der Waals surface area contributed by atoms with Gasteiger partial charge in [-0.3, -0.25) is 0 Å². The molecule has 0 amide bonds. The number of hydrogen-bond acceptors (Lipinski definition) is 12. The predicted octanol–water partition coefficient (Wildman–Crippen LogP) is 35.1. The molecule has 0 unspecified atom stereocenters. The maximum absolute atomic E-state index is 5.52. The second-order valence-corrected chi connectivity index (χ2v) is 59.0. The Morgan fingerprint density at radius 1 is 0.114 bits per heavy atom. The van der Waals surface area contributed by atoms with Crippen LogP contribution >= 0.6 is 0 Å². The third-order valence-electron chi connectivity index (χ3n) is 20.9. The van der Waals surface area contributed by atoms with Gasteiger partial charge >= 0.3 is 0 Å². The molecule has 0 saturated heterocycles. The first kappa shape index (κ1) is 143. The molecule has 0 saturated carbocycles. The van der Waals surface area contributed by atoms with Crippen molar-refractivity contribution in [1.29, 1.82) is 0 Å². The van der Waals surface area contributed by atoms with E-state index in [0.717, 1.165) is 156 Å². The Labute approximate surface area is 873 Å². The van der Waals surface area contributed by atoms with Crippen molar-refractivity contribution < 1.29 is 56.8 Å². The summed E-state index contributed by atoms with van der Waals surface area (Å²) in [4.78, 5) is 0. The normalized spacial score (nSPS) is 12.9. The molecule has 12 heteroatoms. The van der Waals surface area contributed by atoms with E-state index in [-0.39, 0.29) is 0 Å². The van der Waals surface area contributed by atoms with Gasteiger partial charge < -0.3 is 56.8 Å².